The van der Waals surface area contributed by atoms with Gasteiger partial charge in [-0.25, -0.2) is 0 Å². The maximum Gasteiger partial charge on any atom is 0.246 e. The minimum atomic E-state index is -0.00208. The Morgan fingerprint density at radius 1 is 1.33 bits per heavy atom. The Kier molecular flexibility index (Phi) is 5.11. The van der Waals surface area contributed by atoms with Gasteiger partial charge < -0.3 is 14.4 Å². The third-order valence-corrected chi connectivity index (χ3v) is 5.30. The molecule has 0 bridgehead atoms. The predicted octanol–water partition coefficient (Wildman–Crippen LogP) is 4.02. The molecule has 0 aliphatic carbocycles. The SMILES string of the molecule is COc1cc(/C=C/C(=O)N2CCc3sccc3C2)cc(Cl)c1OC. The molecule has 3 rings (SSSR count). The summed E-state index contributed by atoms with van der Waals surface area (Å²) in [7, 11) is 3.09. The molecule has 6 heteroatoms. The molecule has 0 unspecified atom stereocenters. The molecule has 0 fully saturated rings. The Morgan fingerprint density at radius 3 is 2.92 bits per heavy atom. The second-order valence-corrected chi connectivity index (χ2v) is 6.86. The first kappa shape index (κ1) is 16.9. The number of halogens is 1. The van der Waals surface area contributed by atoms with Crippen LogP contribution >= 0.6 is 22.9 Å². The molecule has 0 saturated carbocycles. The molecule has 1 amide bonds. The molecular weight excluding hydrogens is 346 g/mol. The molecule has 1 aliphatic rings. The summed E-state index contributed by atoms with van der Waals surface area (Å²) < 4.78 is 10.5. The van der Waals surface area contributed by atoms with E-state index in [9.17, 15) is 4.79 Å². The lowest BCUT2D eigenvalue weighted by Crippen LogP contribution is -2.34. The van der Waals surface area contributed by atoms with Crippen LogP contribution in [-0.4, -0.2) is 31.6 Å². The summed E-state index contributed by atoms with van der Waals surface area (Å²) in [5, 5.41) is 2.53. The van der Waals surface area contributed by atoms with Gasteiger partial charge >= 0.3 is 0 Å². The molecular formula is C18H18ClNO3S. The molecule has 0 atom stereocenters. The van der Waals surface area contributed by atoms with E-state index in [0.29, 0.717) is 23.1 Å². The first-order valence-electron chi connectivity index (χ1n) is 7.56. The molecule has 126 valence electrons. The number of benzene rings is 1. The highest BCUT2D eigenvalue weighted by atomic mass is 35.5. The highest BCUT2D eigenvalue weighted by Crippen LogP contribution is 2.36. The zero-order chi connectivity index (χ0) is 17.1. The first-order chi connectivity index (χ1) is 11.6. The van der Waals surface area contributed by atoms with Crippen LogP contribution < -0.4 is 9.47 Å². The van der Waals surface area contributed by atoms with Gasteiger partial charge in [0.15, 0.2) is 11.5 Å². The van der Waals surface area contributed by atoms with Crippen molar-refractivity contribution in [2.75, 3.05) is 20.8 Å². The molecule has 1 aliphatic heterocycles. The van der Waals surface area contributed by atoms with E-state index in [-0.39, 0.29) is 5.91 Å². The first-order valence-corrected chi connectivity index (χ1v) is 8.82. The van der Waals surface area contributed by atoms with Crippen LogP contribution in [0.5, 0.6) is 11.5 Å². The van der Waals surface area contributed by atoms with Gasteiger partial charge in [-0.05, 0) is 47.2 Å². The maximum absolute atomic E-state index is 12.4. The van der Waals surface area contributed by atoms with Gasteiger partial charge in [-0.15, -0.1) is 11.3 Å². The second-order valence-electron chi connectivity index (χ2n) is 5.45. The van der Waals surface area contributed by atoms with Gasteiger partial charge in [-0.2, -0.15) is 0 Å². The summed E-state index contributed by atoms with van der Waals surface area (Å²) in [5.41, 5.74) is 2.04. The summed E-state index contributed by atoms with van der Waals surface area (Å²) in [5.74, 6) is 1.03. The number of hydrogen-bond acceptors (Lipinski definition) is 4. The summed E-state index contributed by atoms with van der Waals surface area (Å²) in [6.07, 6.45) is 4.25. The third kappa shape index (κ3) is 3.42. The van der Waals surface area contributed by atoms with Crippen LogP contribution in [0.2, 0.25) is 5.02 Å². The number of methoxy groups -OCH3 is 2. The van der Waals surface area contributed by atoms with E-state index in [4.69, 9.17) is 21.1 Å². The van der Waals surface area contributed by atoms with Crippen molar-refractivity contribution in [3.05, 3.63) is 50.7 Å². The van der Waals surface area contributed by atoms with Crippen molar-refractivity contribution >= 4 is 34.9 Å². The Hall–Kier alpha value is -1.98. The van der Waals surface area contributed by atoms with Gasteiger partial charge in [0.05, 0.1) is 19.2 Å². The number of thiophene rings is 1. The van der Waals surface area contributed by atoms with E-state index < -0.39 is 0 Å². The number of hydrogen-bond donors (Lipinski definition) is 0. The fourth-order valence-corrected chi connectivity index (χ4v) is 3.93. The second kappa shape index (κ2) is 7.28. The van der Waals surface area contributed by atoms with Crippen molar-refractivity contribution < 1.29 is 14.3 Å². The molecule has 4 nitrogen and oxygen atoms in total. The number of carbonyl (C=O) groups is 1. The van der Waals surface area contributed by atoms with Crippen molar-refractivity contribution in [2.24, 2.45) is 0 Å². The highest BCUT2D eigenvalue weighted by molar-refractivity contribution is 7.10. The van der Waals surface area contributed by atoms with Gasteiger partial charge in [0, 0.05) is 24.0 Å². The molecule has 2 aromatic rings. The van der Waals surface area contributed by atoms with Gasteiger partial charge in [-0.1, -0.05) is 11.6 Å². The standard InChI is InChI=1S/C18H18ClNO3S/c1-22-15-10-12(9-14(19)18(15)23-2)3-4-17(21)20-7-5-16-13(11-20)6-8-24-16/h3-4,6,8-10H,5,7,11H2,1-2H3/b4-3+. The van der Waals surface area contributed by atoms with Crippen LogP contribution in [0.1, 0.15) is 16.0 Å². The minimum Gasteiger partial charge on any atom is -0.493 e. The lowest BCUT2D eigenvalue weighted by atomic mass is 10.1. The molecule has 24 heavy (non-hydrogen) atoms. The molecule has 1 aromatic heterocycles. The number of rotatable bonds is 4. The van der Waals surface area contributed by atoms with Crippen LogP contribution in [-0.2, 0) is 17.8 Å². The monoisotopic (exact) mass is 363 g/mol. The number of ether oxygens (including phenoxy) is 2. The van der Waals surface area contributed by atoms with Gasteiger partial charge in [-0.3, -0.25) is 4.79 Å². The fourth-order valence-electron chi connectivity index (χ4n) is 2.74. The molecule has 0 saturated heterocycles. The predicted molar refractivity (Wildman–Crippen MR) is 97.0 cm³/mol. The minimum absolute atomic E-state index is 0.00208. The van der Waals surface area contributed by atoms with Crippen LogP contribution in [0.4, 0.5) is 0 Å². The summed E-state index contributed by atoms with van der Waals surface area (Å²) >= 11 is 7.95. The summed E-state index contributed by atoms with van der Waals surface area (Å²) in [6.45, 7) is 1.43. The maximum atomic E-state index is 12.4. The van der Waals surface area contributed by atoms with Crippen LogP contribution in [0.15, 0.2) is 29.7 Å². The number of fused-ring (bicyclic) bond motifs is 1. The van der Waals surface area contributed by atoms with Crippen molar-refractivity contribution in [3.8, 4) is 11.5 Å². The fraction of sp³-hybridized carbons (Fsp3) is 0.278. The Bertz CT molecular complexity index is 785. The van der Waals surface area contributed by atoms with E-state index in [0.717, 1.165) is 18.5 Å². The summed E-state index contributed by atoms with van der Waals surface area (Å²) in [4.78, 5) is 15.7. The Balaban J connectivity index is 1.74. The zero-order valence-electron chi connectivity index (χ0n) is 13.5. The summed E-state index contributed by atoms with van der Waals surface area (Å²) in [6, 6.07) is 5.64. The largest absolute Gasteiger partial charge is 0.493 e. The molecule has 1 aromatic carbocycles. The average Bonchev–Trinajstić information content (AvgIpc) is 3.06. The van der Waals surface area contributed by atoms with E-state index in [1.807, 2.05) is 4.90 Å². The van der Waals surface area contributed by atoms with Crippen molar-refractivity contribution in [1.29, 1.82) is 0 Å². The zero-order valence-corrected chi connectivity index (χ0v) is 15.1. The number of amides is 1. The van der Waals surface area contributed by atoms with E-state index in [1.54, 1.807) is 42.7 Å². The van der Waals surface area contributed by atoms with Crippen LogP contribution in [0, 0.1) is 0 Å². The van der Waals surface area contributed by atoms with Crippen LogP contribution in [0.3, 0.4) is 0 Å². The van der Waals surface area contributed by atoms with Gasteiger partial charge in [0.1, 0.15) is 0 Å². The highest BCUT2D eigenvalue weighted by Gasteiger charge is 2.19. The lowest BCUT2D eigenvalue weighted by Gasteiger charge is -2.25. The molecule has 0 spiro atoms. The lowest BCUT2D eigenvalue weighted by molar-refractivity contribution is -0.126. The molecule has 2 heterocycles. The van der Waals surface area contributed by atoms with Crippen molar-refractivity contribution in [3.63, 3.8) is 0 Å². The van der Waals surface area contributed by atoms with E-state index in [1.165, 1.54) is 17.6 Å². The van der Waals surface area contributed by atoms with Gasteiger partial charge in [0.25, 0.3) is 0 Å². The normalized spacial score (nSPS) is 13.9. The number of carbonyl (C=O) groups excluding carboxylic acids is 1. The quantitative estimate of drug-likeness (QED) is 0.770. The Morgan fingerprint density at radius 2 is 2.17 bits per heavy atom. The molecule has 0 N–H and O–H groups in total. The third-order valence-electron chi connectivity index (χ3n) is 3.99. The number of nitrogens with zero attached hydrogens (tertiary/aromatic N) is 1. The van der Waals surface area contributed by atoms with E-state index in [2.05, 4.69) is 11.4 Å². The van der Waals surface area contributed by atoms with Gasteiger partial charge in [0.2, 0.25) is 5.91 Å². The van der Waals surface area contributed by atoms with Crippen molar-refractivity contribution in [2.45, 2.75) is 13.0 Å². The smallest absolute Gasteiger partial charge is 0.246 e. The average molecular weight is 364 g/mol. The van der Waals surface area contributed by atoms with Crippen molar-refractivity contribution in [1.82, 2.24) is 4.90 Å². The Labute approximate surface area is 150 Å². The molecule has 0 radical (unpaired) electrons. The van der Waals surface area contributed by atoms with Crippen LogP contribution in [0.25, 0.3) is 6.08 Å². The topological polar surface area (TPSA) is 38.8 Å². The van der Waals surface area contributed by atoms with E-state index >= 15 is 0 Å².